The number of fused-ring (bicyclic) bond motifs is 3. The topological polar surface area (TPSA) is 142 Å². The molecule has 214 valence electrons. The van der Waals surface area contributed by atoms with Crippen molar-refractivity contribution in [2.45, 2.75) is 98.3 Å². The summed E-state index contributed by atoms with van der Waals surface area (Å²) in [5, 5.41) is 14.4. The van der Waals surface area contributed by atoms with Crippen molar-refractivity contribution in [1.82, 2.24) is 19.9 Å². The molecule has 0 aliphatic carbocycles. The quantitative estimate of drug-likeness (QED) is 0.292. The molecule has 3 aromatic rings. The second-order valence-electron chi connectivity index (χ2n) is 11.8. The number of benzene rings is 1. The van der Waals surface area contributed by atoms with Gasteiger partial charge in [0.15, 0.2) is 11.9 Å². The standard InChI is InChI=1S/C29H43N5O5/c1-10-31-15-21-33-22-23(19-13-11-12-14-20(19)32-25(22)30)34(21)16-27(4,5)39-29(8,9)24(35)18(3)38-26(36)17(2)28(6,7)37/h11-14,17-18,31,37H,10,15-16H2,1-9H3,(H2,30,32). The first-order valence-corrected chi connectivity index (χ1v) is 13.4. The number of anilines is 1. The fourth-order valence-corrected chi connectivity index (χ4v) is 4.71. The third-order valence-corrected chi connectivity index (χ3v) is 6.96. The summed E-state index contributed by atoms with van der Waals surface area (Å²) in [4.78, 5) is 35.2. The Kier molecular flexibility index (Phi) is 8.74. The van der Waals surface area contributed by atoms with Crippen LogP contribution in [-0.2, 0) is 32.2 Å². The minimum atomic E-state index is -1.28. The number of carbonyl (C=O) groups is 2. The molecule has 0 amide bonds. The average Bonchev–Trinajstić information content (AvgIpc) is 3.18. The van der Waals surface area contributed by atoms with Gasteiger partial charge in [-0.25, -0.2) is 9.97 Å². The molecule has 0 fully saturated rings. The fraction of sp³-hybridized carbons (Fsp3) is 0.586. The number of nitrogens with zero attached hydrogens (tertiary/aromatic N) is 3. The highest BCUT2D eigenvalue weighted by molar-refractivity contribution is 6.06. The van der Waals surface area contributed by atoms with E-state index in [1.807, 2.05) is 45.0 Å². The minimum Gasteiger partial charge on any atom is -0.454 e. The summed E-state index contributed by atoms with van der Waals surface area (Å²) < 4.78 is 13.9. The number of nitrogen functional groups attached to an aromatic ring is 1. The van der Waals surface area contributed by atoms with Gasteiger partial charge in [-0.15, -0.1) is 0 Å². The van der Waals surface area contributed by atoms with Crippen LogP contribution >= 0.6 is 0 Å². The Labute approximate surface area is 230 Å². The Hall–Kier alpha value is -3.08. The zero-order valence-electron chi connectivity index (χ0n) is 24.6. The van der Waals surface area contributed by atoms with E-state index >= 15 is 0 Å². The third kappa shape index (κ3) is 6.74. The Balaban J connectivity index is 1.92. The molecule has 10 nitrogen and oxygen atoms in total. The second-order valence-corrected chi connectivity index (χ2v) is 11.8. The number of rotatable bonds is 12. The number of esters is 1. The van der Waals surface area contributed by atoms with E-state index in [0.29, 0.717) is 24.4 Å². The molecule has 0 saturated carbocycles. The van der Waals surface area contributed by atoms with Gasteiger partial charge >= 0.3 is 5.97 Å². The van der Waals surface area contributed by atoms with Crippen LogP contribution in [0.4, 0.5) is 5.82 Å². The van der Waals surface area contributed by atoms with E-state index in [4.69, 9.17) is 20.2 Å². The van der Waals surface area contributed by atoms with Gasteiger partial charge in [-0.1, -0.05) is 25.1 Å². The number of hydrogen-bond donors (Lipinski definition) is 3. The molecule has 0 spiro atoms. The van der Waals surface area contributed by atoms with Gasteiger partial charge in [-0.05, 0) is 68.0 Å². The van der Waals surface area contributed by atoms with Crippen molar-refractivity contribution in [2.75, 3.05) is 12.3 Å². The molecule has 0 bridgehead atoms. The van der Waals surface area contributed by atoms with Gasteiger partial charge in [-0.2, -0.15) is 0 Å². The van der Waals surface area contributed by atoms with Crippen molar-refractivity contribution in [3.63, 3.8) is 0 Å². The van der Waals surface area contributed by atoms with E-state index in [1.54, 1.807) is 20.8 Å². The molecular formula is C29H43N5O5. The number of hydrogen-bond acceptors (Lipinski definition) is 9. The van der Waals surface area contributed by atoms with Crippen molar-refractivity contribution in [3.8, 4) is 0 Å². The molecule has 10 heteroatoms. The summed E-state index contributed by atoms with van der Waals surface area (Å²) in [6.45, 7) is 17.0. The Morgan fingerprint density at radius 1 is 1.10 bits per heavy atom. The predicted molar refractivity (Wildman–Crippen MR) is 152 cm³/mol. The Morgan fingerprint density at radius 3 is 2.36 bits per heavy atom. The zero-order chi connectivity index (χ0) is 29.3. The van der Waals surface area contributed by atoms with E-state index < -0.39 is 34.8 Å². The smallest absolute Gasteiger partial charge is 0.312 e. The lowest BCUT2D eigenvalue weighted by atomic mass is 9.93. The first-order valence-electron chi connectivity index (χ1n) is 13.4. The van der Waals surface area contributed by atoms with E-state index in [0.717, 1.165) is 28.8 Å². The summed E-state index contributed by atoms with van der Waals surface area (Å²) in [7, 11) is 0. The highest BCUT2D eigenvalue weighted by Gasteiger charge is 2.41. The molecule has 2 heterocycles. The molecular weight excluding hydrogens is 498 g/mol. The minimum absolute atomic E-state index is 0.352. The Morgan fingerprint density at radius 2 is 1.74 bits per heavy atom. The van der Waals surface area contributed by atoms with Crippen LogP contribution in [0.1, 0.15) is 68.1 Å². The van der Waals surface area contributed by atoms with Crippen LogP contribution in [0.5, 0.6) is 0 Å². The number of Topliss-reactive ketones (excluding diaryl/α,β-unsaturated/α-hetero) is 1. The molecule has 2 aromatic heterocycles. The molecule has 0 radical (unpaired) electrons. The van der Waals surface area contributed by atoms with E-state index in [1.165, 1.54) is 20.8 Å². The molecule has 0 aliphatic heterocycles. The molecule has 0 saturated heterocycles. The predicted octanol–water partition coefficient (Wildman–Crippen LogP) is 3.76. The highest BCUT2D eigenvalue weighted by atomic mass is 16.6. The third-order valence-electron chi connectivity index (χ3n) is 6.96. The summed E-state index contributed by atoms with van der Waals surface area (Å²) in [5.41, 5.74) is 5.18. The Bertz CT molecular complexity index is 1360. The van der Waals surface area contributed by atoms with Gasteiger partial charge < -0.3 is 30.2 Å². The number of aliphatic hydroxyl groups is 1. The van der Waals surface area contributed by atoms with Crippen LogP contribution in [0.25, 0.3) is 21.9 Å². The van der Waals surface area contributed by atoms with Crippen molar-refractivity contribution in [2.24, 2.45) is 5.92 Å². The number of aromatic nitrogens is 3. The van der Waals surface area contributed by atoms with Gasteiger partial charge in [0.25, 0.3) is 0 Å². The summed E-state index contributed by atoms with van der Waals surface area (Å²) in [6, 6.07) is 7.77. The fourth-order valence-electron chi connectivity index (χ4n) is 4.71. The van der Waals surface area contributed by atoms with E-state index in [-0.39, 0.29) is 5.78 Å². The van der Waals surface area contributed by atoms with Crippen molar-refractivity contribution < 1.29 is 24.2 Å². The monoisotopic (exact) mass is 541 g/mol. The van der Waals surface area contributed by atoms with Crippen molar-refractivity contribution >= 4 is 39.5 Å². The molecule has 3 rings (SSSR count). The molecule has 2 atom stereocenters. The SMILES string of the molecule is CCNCc1nc2c(N)nc3ccccc3c2n1CC(C)(C)OC(C)(C)C(=O)C(C)OC(=O)C(C)C(C)(C)O. The van der Waals surface area contributed by atoms with Crippen LogP contribution in [-0.4, -0.2) is 60.8 Å². The zero-order valence-corrected chi connectivity index (χ0v) is 24.6. The van der Waals surface area contributed by atoms with Crippen molar-refractivity contribution in [3.05, 3.63) is 30.1 Å². The lowest BCUT2D eigenvalue weighted by molar-refractivity contribution is -0.179. The van der Waals surface area contributed by atoms with Gasteiger partial charge in [0, 0.05) is 5.39 Å². The number of carbonyl (C=O) groups excluding carboxylic acids is 2. The first kappa shape index (κ1) is 30.5. The lowest BCUT2D eigenvalue weighted by Gasteiger charge is -2.37. The number of ketones is 1. The average molecular weight is 542 g/mol. The van der Waals surface area contributed by atoms with E-state index in [2.05, 4.69) is 14.9 Å². The molecule has 1 aromatic carbocycles. The number of nitrogens with two attached hydrogens (primary N) is 1. The molecule has 4 N–H and O–H groups in total. The number of imidazole rings is 1. The van der Waals surface area contributed by atoms with Gasteiger partial charge in [0.2, 0.25) is 5.78 Å². The van der Waals surface area contributed by atoms with Crippen LogP contribution in [0.3, 0.4) is 0 Å². The molecule has 39 heavy (non-hydrogen) atoms. The van der Waals surface area contributed by atoms with Gasteiger partial charge in [0.05, 0.1) is 41.2 Å². The lowest BCUT2D eigenvalue weighted by Crippen LogP contribution is -2.49. The second kappa shape index (κ2) is 11.2. The summed E-state index contributed by atoms with van der Waals surface area (Å²) in [6.07, 6.45) is -1.05. The van der Waals surface area contributed by atoms with Crippen LogP contribution in [0.2, 0.25) is 0 Å². The number of nitrogens with one attached hydrogen (secondary N) is 1. The van der Waals surface area contributed by atoms with Crippen molar-refractivity contribution in [1.29, 1.82) is 0 Å². The van der Waals surface area contributed by atoms with Crippen LogP contribution in [0.15, 0.2) is 24.3 Å². The molecule has 2 unspecified atom stereocenters. The number of pyridine rings is 1. The summed E-state index contributed by atoms with van der Waals surface area (Å²) in [5.74, 6) is -0.691. The largest absolute Gasteiger partial charge is 0.454 e. The summed E-state index contributed by atoms with van der Waals surface area (Å²) >= 11 is 0. The highest BCUT2D eigenvalue weighted by Crippen LogP contribution is 2.32. The first-order chi connectivity index (χ1) is 18.0. The molecule has 0 aliphatic rings. The van der Waals surface area contributed by atoms with Gasteiger partial charge in [0.1, 0.15) is 16.9 Å². The van der Waals surface area contributed by atoms with Crippen LogP contribution < -0.4 is 11.1 Å². The number of ether oxygens (including phenoxy) is 2. The normalized spacial score (nSPS) is 14.5. The maximum absolute atomic E-state index is 13.4. The van der Waals surface area contributed by atoms with Crippen LogP contribution in [0, 0.1) is 5.92 Å². The van der Waals surface area contributed by atoms with Gasteiger partial charge in [-0.3, -0.25) is 9.59 Å². The maximum Gasteiger partial charge on any atom is 0.312 e. The van der Waals surface area contributed by atoms with E-state index in [9.17, 15) is 14.7 Å². The maximum atomic E-state index is 13.4. The number of para-hydroxylation sites is 1.